The van der Waals surface area contributed by atoms with E-state index in [1.54, 1.807) is 12.1 Å². The molecule has 0 spiro atoms. The van der Waals surface area contributed by atoms with E-state index >= 15 is 0 Å². The van der Waals surface area contributed by atoms with Crippen molar-refractivity contribution in [2.45, 2.75) is 13.3 Å². The molecule has 0 amide bonds. The van der Waals surface area contributed by atoms with Gasteiger partial charge in [-0.3, -0.25) is 4.79 Å². The van der Waals surface area contributed by atoms with Gasteiger partial charge >= 0.3 is 0 Å². The third kappa shape index (κ3) is 2.29. The van der Waals surface area contributed by atoms with E-state index in [1.807, 2.05) is 31.2 Å². The van der Waals surface area contributed by atoms with Gasteiger partial charge in [-0.25, -0.2) is 4.39 Å². The third-order valence-corrected chi connectivity index (χ3v) is 4.07. The summed E-state index contributed by atoms with van der Waals surface area (Å²) in [5.41, 5.74) is 1.13. The molecular formula is C17H12BrFO2. The first-order valence-corrected chi connectivity index (χ1v) is 7.42. The van der Waals surface area contributed by atoms with Gasteiger partial charge in [0.15, 0.2) is 0 Å². The highest BCUT2D eigenvalue weighted by molar-refractivity contribution is 9.10. The van der Waals surface area contributed by atoms with Gasteiger partial charge in [0.05, 0.1) is 11.1 Å². The first kappa shape index (κ1) is 14.0. The van der Waals surface area contributed by atoms with Gasteiger partial charge in [-0.15, -0.1) is 0 Å². The predicted molar refractivity (Wildman–Crippen MR) is 83.1 cm³/mol. The molecule has 0 unspecified atom stereocenters. The quantitative estimate of drug-likeness (QED) is 0.615. The molecule has 0 N–H and O–H groups in total. The Labute approximate surface area is 129 Å². The molecule has 21 heavy (non-hydrogen) atoms. The number of benzene rings is 2. The lowest BCUT2D eigenvalue weighted by molar-refractivity contribution is 0.103. The average Bonchev–Trinajstić information content (AvgIpc) is 2.85. The topological polar surface area (TPSA) is 30.2 Å². The smallest absolute Gasteiger partial charge is 0.201 e. The van der Waals surface area contributed by atoms with Crippen LogP contribution in [0.1, 0.15) is 28.6 Å². The molecule has 0 bridgehead atoms. The Balaban J connectivity index is 2.27. The maximum atomic E-state index is 14.0. The fraction of sp³-hybridized carbons (Fsp3) is 0.118. The van der Waals surface area contributed by atoms with Crippen LogP contribution in [0.5, 0.6) is 0 Å². The molecular weight excluding hydrogens is 335 g/mol. The van der Waals surface area contributed by atoms with E-state index in [1.165, 1.54) is 6.07 Å². The number of halogens is 2. The Bertz CT molecular complexity index is 816. The fourth-order valence-electron chi connectivity index (χ4n) is 2.43. The SMILES string of the molecule is CCc1oc2ccccc2c1C(=O)c1c(F)cccc1Br. The fourth-order valence-corrected chi connectivity index (χ4v) is 2.96. The van der Waals surface area contributed by atoms with Crippen LogP contribution in [-0.4, -0.2) is 5.78 Å². The second-order valence-electron chi connectivity index (χ2n) is 4.68. The van der Waals surface area contributed by atoms with E-state index < -0.39 is 5.82 Å². The summed E-state index contributed by atoms with van der Waals surface area (Å²) in [6.45, 7) is 1.91. The minimum atomic E-state index is -0.540. The van der Waals surface area contributed by atoms with Crippen LogP contribution in [0.4, 0.5) is 4.39 Å². The third-order valence-electron chi connectivity index (χ3n) is 3.41. The van der Waals surface area contributed by atoms with E-state index in [4.69, 9.17) is 4.42 Å². The first-order valence-electron chi connectivity index (χ1n) is 6.62. The van der Waals surface area contributed by atoms with E-state index in [0.29, 0.717) is 27.8 Å². The van der Waals surface area contributed by atoms with Crippen molar-refractivity contribution in [3.05, 3.63) is 69.6 Å². The van der Waals surface area contributed by atoms with Gasteiger partial charge in [0.2, 0.25) is 5.78 Å². The number of aryl methyl sites for hydroxylation is 1. The summed E-state index contributed by atoms with van der Waals surface area (Å²) in [4.78, 5) is 12.8. The molecule has 3 aromatic rings. The molecule has 3 rings (SSSR count). The van der Waals surface area contributed by atoms with Crippen molar-refractivity contribution in [3.8, 4) is 0 Å². The minimum absolute atomic E-state index is 0.0405. The zero-order chi connectivity index (χ0) is 15.0. The van der Waals surface area contributed by atoms with Gasteiger partial charge in [0.25, 0.3) is 0 Å². The Morgan fingerprint density at radius 3 is 2.62 bits per heavy atom. The van der Waals surface area contributed by atoms with Gasteiger partial charge in [-0.1, -0.05) is 31.2 Å². The van der Waals surface area contributed by atoms with Crippen LogP contribution in [0.2, 0.25) is 0 Å². The van der Waals surface area contributed by atoms with E-state index in [2.05, 4.69) is 15.9 Å². The number of carbonyl (C=O) groups excluding carboxylic acids is 1. The minimum Gasteiger partial charge on any atom is -0.460 e. The lowest BCUT2D eigenvalue weighted by Gasteiger charge is -2.05. The summed E-state index contributed by atoms with van der Waals surface area (Å²) in [7, 11) is 0. The normalized spacial score (nSPS) is 11.0. The molecule has 0 fully saturated rings. The van der Waals surface area contributed by atoms with Crippen molar-refractivity contribution >= 4 is 32.7 Å². The molecule has 0 saturated carbocycles. The number of hydrogen-bond donors (Lipinski definition) is 0. The maximum absolute atomic E-state index is 14.0. The van der Waals surface area contributed by atoms with Crippen LogP contribution in [-0.2, 0) is 6.42 Å². The standard InChI is InChI=1S/C17H12BrFO2/c1-2-13-15(10-6-3-4-9-14(10)21-13)17(20)16-11(18)7-5-8-12(16)19/h3-9H,2H2,1H3. The van der Waals surface area contributed by atoms with Crippen molar-refractivity contribution in [3.63, 3.8) is 0 Å². The van der Waals surface area contributed by atoms with Crippen LogP contribution in [0, 0.1) is 5.82 Å². The number of carbonyl (C=O) groups is 1. The summed E-state index contributed by atoms with van der Waals surface area (Å²) in [6.07, 6.45) is 0.571. The maximum Gasteiger partial charge on any atom is 0.201 e. The summed E-state index contributed by atoms with van der Waals surface area (Å²) >= 11 is 3.25. The second kappa shape index (κ2) is 5.45. The molecule has 2 nitrogen and oxygen atoms in total. The Morgan fingerprint density at radius 1 is 1.14 bits per heavy atom. The first-order chi connectivity index (χ1) is 10.1. The van der Waals surface area contributed by atoms with Gasteiger partial charge < -0.3 is 4.42 Å². The zero-order valence-corrected chi connectivity index (χ0v) is 12.9. The molecule has 0 saturated heterocycles. The van der Waals surface area contributed by atoms with Gasteiger partial charge in [0, 0.05) is 16.3 Å². The molecule has 1 aromatic heterocycles. The molecule has 0 aliphatic heterocycles. The molecule has 0 aliphatic rings. The van der Waals surface area contributed by atoms with Gasteiger partial charge in [-0.05, 0) is 34.1 Å². The molecule has 0 radical (unpaired) electrons. The lowest BCUT2D eigenvalue weighted by Crippen LogP contribution is -2.07. The van der Waals surface area contributed by atoms with Crippen LogP contribution in [0.25, 0.3) is 11.0 Å². The number of furan rings is 1. The Hall–Kier alpha value is -1.94. The van der Waals surface area contributed by atoms with E-state index in [0.717, 1.165) is 5.39 Å². The monoisotopic (exact) mass is 346 g/mol. The molecule has 4 heteroatoms. The highest BCUT2D eigenvalue weighted by Crippen LogP contribution is 2.31. The summed E-state index contributed by atoms with van der Waals surface area (Å²) in [5.74, 6) is -0.320. The molecule has 106 valence electrons. The molecule has 2 aromatic carbocycles. The van der Waals surface area contributed by atoms with Crippen molar-refractivity contribution in [2.75, 3.05) is 0 Å². The number of para-hydroxylation sites is 1. The van der Waals surface area contributed by atoms with Crippen LogP contribution >= 0.6 is 15.9 Å². The van der Waals surface area contributed by atoms with Crippen LogP contribution in [0.15, 0.2) is 51.4 Å². The number of fused-ring (bicyclic) bond motifs is 1. The van der Waals surface area contributed by atoms with Crippen LogP contribution in [0.3, 0.4) is 0 Å². The number of rotatable bonds is 3. The molecule has 0 aliphatic carbocycles. The van der Waals surface area contributed by atoms with Gasteiger partial charge in [0.1, 0.15) is 17.2 Å². The Kier molecular flexibility index (Phi) is 3.64. The van der Waals surface area contributed by atoms with Crippen molar-refractivity contribution in [1.29, 1.82) is 0 Å². The largest absolute Gasteiger partial charge is 0.460 e. The van der Waals surface area contributed by atoms with Crippen LogP contribution < -0.4 is 0 Å². The summed E-state index contributed by atoms with van der Waals surface area (Å²) in [5, 5.41) is 0.717. The number of ketones is 1. The second-order valence-corrected chi connectivity index (χ2v) is 5.53. The molecule has 0 atom stereocenters. The lowest BCUT2D eigenvalue weighted by atomic mass is 9.99. The predicted octanol–water partition coefficient (Wildman–Crippen LogP) is 5.13. The average molecular weight is 347 g/mol. The van der Waals surface area contributed by atoms with Gasteiger partial charge in [-0.2, -0.15) is 0 Å². The van der Waals surface area contributed by atoms with Crippen molar-refractivity contribution < 1.29 is 13.6 Å². The van der Waals surface area contributed by atoms with E-state index in [-0.39, 0.29) is 11.3 Å². The zero-order valence-electron chi connectivity index (χ0n) is 11.3. The molecule has 1 heterocycles. The van der Waals surface area contributed by atoms with Crippen molar-refractivity contribution in [2.24, 2.45) is 0 Å². The summed E-state index contributed by atoms with van der Waals surface area (Å²) < 4.78 is 20.2. The summed E-state index contributed by atoms with van der Waals surface area (Å²) in [6, 6.07) is 11.8. The highest BCUT2D eigenvalue weighted by Gasteiger charge is 2.24. The highest BCUT2D eigenvalue weighted by atomic mass is 79.9. The number of hydrogen-bond acceptors (Lipinski definition) is 2. The van der Waals surface area contributed by atoms with Crippen molar-refractivity contribution in [1.82, 2.24) is 0 Å². The van der Waals surface area contributed by atoms with E-state index in [9.17, 15) is 9.18 Å². The Morgan fingerprint density at radius 2 is 1.90 bits per heavy atom.